The van der Waals surface area contributed by atoms with Gasteiger partial charge in [0.2, 0.25) is 11.8 Å². The molecule has 0 radical (unpaired) electrons. The molecule has 1 aliphatic rings. The number of benzene rings is 2. The monoisotopic (exact) mass is 611 g/mol. The number of allylic oxidation sites excluding steroid dienone is 1. The van der Waals surface area contributed by atoms with Crippen molar-refractivity contribution in [2.24, 2.45) is 5.92 Å². The van der Waals surface area contributed by atoms with Crippen molar-refractivity contribution in [3.8, 4) is 11.8 Å². The van der Waals surface area contributed by atoms with Crippen LogP contribution >= 0.6 is 50.9 Å². The summed E-state index contributed by atoms with van der Waals surface area (Å²) in [4.78, 5) is 38.1. The van der Waals surface area contributed by atoms with Crippen LogP contribution in [0.4, 0.5) is 5.69 Å². The minimum atomic E-state index is -1.32. The molecule has 0 fully saturated rings. The number of anilines is 1. The summed E-state index contributed by atoms with van der Waals surface area (Å²) in [6.07, 6.45) is 0. The lowest BCUT2D eigenvalue weighted by atomic mass is 9.78. The summed E-state index contributed by atoms with van der Waals surface area (Å²) >= 11 is 16.8. The number of ether oxygens (including phenoxy) is 2. The molecule has 0 aromatic heterocycles. The Bertz CT molecular complexity index is 1280. The second-order valence-electron chi connectivity index (χ2n) is 7.41. The van der Waals surface area contributed by atoms with Crippen LogP contribution in [-0.4, -0.2) is 37.3 Å². The fraction of sp³-hybridized carbons (Fsp3) is 0.250. The van der Waals surface area contributed by atoms with Crippen molar-refractivity contribution >= 4 is 74.4 Å². The molecule has 0 aliphatic carbocycles. The Labute approximate surface area is 230 Å². The predicted molar refractivity (Wildman–Crippen MR) is 142 cm³/mol. The van der Waals surface area contributed by atoms with E-state index in [-0.39, 0.29) is 21.4 Å². The van der Waals surface area contributed by atoms with Crippen LogP contribution in [0, 0.1) is 17.2 Å². The highest BCUT2D eigenvalue weighted by atomic mass is 79.9. The second-order valence-corrected chi connectivity index (χ2v) is 10.1. The first kappa shape index (κ1) is 27.9. The molecule has 1 heterocycles. The number of thioether (sulfide) groups is 1. The van der Waals surface area contributed by atoms with E-state index in [0.29, 0.717) is 28.6 Å². The number of carbonyl (C=O) groups is 3. The molecular weight excluding hydrogens is 593 g/mol. The Morgan fingerprint density at radius 3 is 2.58 bits per heavy atom. The van der Waals surface area contributed by atoms with Gasteiger partial charge in [-0.2, -0.15) is 5.26 Å². The molecule has 2 amide bonds. The number of nitrogens with one attached hydrogen (secondary N) is 2. The van der Waals surface area contributed by atoms with Crippen LogP contribution in [-0.2, 0) is 19.1 Å². The molecule has 12 heteroatoms. The number of carbonyl (C=O) groups excluding carboxylic acids is 3. The highest BCUT2D eigenvalue weighted by Crippen LogP contribution is 2.42. The Balaban J connectivity index is 1.92. The lowest BCUT2D eigenvalue weighted by molar-refractivity contribution is -0.150. The number of halogens is 3. The van der Waals surface area contributed by atoms with Gasteiger partial charge in [0.15, 0.2) is 0 Å². The van der Waals surface area contributed by atoms with Crippen molar-refractivity contribution in [2.75, 3.05) is 24.8 Å². The predicted octanol–water partition coefficient (Wildman–Crippen LogP) is 5.26. The lowest BCUT2D eigenvalue weighted by Crippen LogP contribution is -2.44. The number of methoxy groups -OCH3 is 1. The number of amides is 2. The molecule has 2 atom stereocenters. The number of hydrogen-bond donors (Lipinski definition) is 2. The van der Waals surface area contributed by atoms with E-state index < -0.39 is 29.6 Å². The van der Waals surface area contributed by atoms with E-state index in [2.05, 4.69) is 32.6 Å². The Hall–Kier alpha value is -2.71. The Kier molecular flexibility index (Phi) is 9.68. The summed E-state index contributed by atoms with van der Waals surface area (Å²) in [5, 5.41) is 16.1. The number of rotatable bonds is 8. The molecule has 0 saturated carbocycles. The highest BCUT2D eigenvalue weighted by molar-refractivity contribution is 9.10. The molecule has 0 bridgehead atoms. The van der Waals surface area contributed by atoms with Gasteiger partial charge in [0.05, 0.1) is 51.9 Å². The lowest BCUT2D eigenvalue weighted by Gasteiger charge is -2.31. The molecule has 0 unspecified atom stereocenters. The van der Waals surface area contributed by atoms with E-state index in [0.717, 1.165) is 23.3 Å². The van der Waals surface area contributed by atoms with Crippen LogP contribution in [0.25, 0.3) is 0 Å². The van der Waals surface area contributed by atoms with Crippen molar-refractivity contribution in [3.63, 3.8) is 0 Å². The molecule has 188 valence electrons. The van der Waals surface area contributed by atoms with Gasteiger partial charge in [0.1, 0.15) is 11.7 Å². The molecule has 2 aromatic rings. The van der Waals surface area contributed by atoms with E-state index in [1.165, 1.54) is 0 Å². The van der Waals surface area contributed by atoms with Gasteiger partial charge < -0.3 is 20.1 Å². The van der Waals surface area contributed by atoms with Crippen molar-refractivity contribution in [1.29, 1.82) is 5.26 Å². The second kappa shape index (κ2) is 12.5. The van der Waals surface area contributed by atoms with Crippen LogP contribution in [0.1, 0.15) is 18.4 Å². The third-order valence-corrected chi connectivity index (χ3v) is 7.27. The van der Waals surface area contributed by atoms with E-state index in [1.54, 1.807) is 36.4 Å². The first-order valence-electron chi connectivity index (χ1n) is 10.5. The number of esters is 1. The van der Waals surface area contributed by atoms with Gasteiger partial charge in [-0.15, -0.1) is 0 Å². The van der Waals surface area contributed by atoms with Crippen LogP contribution < -0.4 is 15.4 Å². The van der Waals surface area contributed by atoms with Crippen LogP contribution in [0.5, 0.6) is 5.75 Å². The van der Waals surface area contributed by atoms with Gasteiger partial charge in [-0.3, -0.25) is 14.4 Å². The molecular formula is C24H20BrCl2N3O5S. The standard InChI is InChI=1S/C24H20BrCl2N3O5S/c1-3-35-18-7-4-12(8-16(18)27)20-14(10-28)23(30-22(32)21(20)24(33)34-2)36-11-19(31)29-17-6-5-13(25)9-15(17)26/h4-9,20-21H,3,11H2,1-2H3,(H,29,31)(H,30,32)/t20-,21-/m1/s1. The van der Waals surface area contributed by atoms with E-state index >= 15 is 0 Å². The van der Waals surface area contributed by atoms with Crippen molar-refractivity contribution in [3.05, 3.63) is 67.1 Å². The van der Waals surface area contributed by atoms with Gasteiger partial charge in [-0.25, -0.2) is 0 Å². The van der Waals surface area contributed by atoms with Crippen molar-refractivity contribution < 1.29 is 23.9 Å². The largest absolute Gasteiger partial charge is 0.492 e. The maximum absolute atomic E-state index is 13.0. The average Bonchev–Trinajstić information content (AvgIpc) is 2.84. The zero-order valence-corrected chi connectivity index (χ0v) is 23.0. The SMILES string of the molecule is CCOc1ccc([C@@H]2C(C#N)=C(SCC(=O)Nc3ccc(Br)cc3Cl)NC(=O)[C@@H]2C(=O)OC)cc1Cl. The summed E-state index contributed by atoms with van der Waals surface area (Å²) in [7, 11) is 1.16. The van der Waals surface area contributed by atoms with Crippen molar-refractivity contribution in [1.82, 2.24) is 5.32 Å². The average molecular weight is 613 g/mol. The molecule has 0 spiro atoms. The number of nitriles is 1. The fourth-order valence-corrected chi connectivity index (χ4v) is 5.39. The van der Waals surface area contributed by atoms with Gasteiger partial charge in [-0.1, -0.05) is 57.0 Å². The van der Waals surface area contributed by atoms with Gasteiger partial charge in [0.25, 0.3) is 0 Å². The summed E-state index contributed by atoms with van der Waals surface area (Å²) in [5.74, 6) is -3.87. The van der Waals surface area contributed by atoms with Crippen LogP contribution in [0.2, 0.25) is 10.0 Å². The fourth-order valence-electron chi connectivity index (χ4n) is 3.58. The molecule has 8 nitrogen and oxygen atoms in total. The van der Waals surface area contributed by atoms with Gasteiger partial charge in [-0.05, 0) is 42.8 Å². The Morgan fingerprint density at radius 1 is 1.22 bits per heavy atom. The molecule has 2 aromatic carbocycles. The van der Waals surface area contributed by atoms with E-state index in [4.69, 9.17) is 32.7 Å². The normalized spacial score (nSPS) is 17.2. The summed E-state index contributed by atoms with van der Waals surface area (Å²) in [6, 6.07) is 11.9. The maximum atomic E-state index is 13.0. The molecule has 2 N–H and O–H groups in total. The van der Waals surface area contributed by atoms with Crippen LogP contribution in [0.3, 0.4) is 0 Å². The number of nitrogens with zero attached hydrogens (tertiary/aromatic N) is 1. The van der Waals surface area contributed by atoms with Crippen LogP contribution in [0.15, 0.2) is 51.5 Å². The molecule has 36 heavy (non-hydrogen) atoms. The van der Waals surface area contributed by atoms with Gasteiger partial charge >= 0.3 is 5.97 Å². The van der Waals surface area contributed by atoms with E-state index in [9.17, 15) is 19.6 Å². The topological polar surface area (TPSA) is 118 Å². The highest BCUT2D eigenvalue weighted by Gasteiger charge is 2.44. The smallest absolute Gasteiger partial charge is 0.319 e. The molecule has 0 saturated heterocycles. The van der Waals surface area contributed by atoms with Gasteiger partial charge in [0, 0.05) is 10.4 Å². The first-order chi connectivity index (χ1) is 17.2. The summed E-state index contributed by atoms with van der Waals surface area (Å²) in [6.45, 7) is 2.21. The zero-order valence-electron chi connectivity index (χ0n) is 19.1. The quantitative estimate of drug-likeness (QED) is 0.308. The first-order valence-corrected chi connectivity index (χ1v) is 13.1. The maximum Gasteiger partial charge on any atom is 0.319 e. The third kappa shape index (κ3) is 6.34. The third-order valence-electron chi connectivity index (χ3n) is 5.15. The molecule has 3 rings (SSSR count). The van der Waals surface area contributed by atoms with E-state index in [1.807, 2.05) is 6.92 Å². The summed E-state index contributed by atoms with van der Waals surface area (Å²) in [5.41, 5.74) is 0.972. The summed E-state index contributed by atoms with van der Waals surface area (Å²) < 4.78 is 11.1. The zero-order chi connectivity index (χ0) is 26.4. The number of hydrogen-bond acceptors (Lipinski definition) is 7. The van der Waals surface area contributed by atoms with Crippen molar-refractivity contribution in [2.45, 2.75) is 12.8 Å². The molecule has 1 aliphatic heterocycles. The Morgan fingerprint density at radius 2 is 1.97 bits per heavy atom. The minimum Gasteiger partial charge on any atom is -0.492 e. The minimum absolute atomic E-state index is 0.102.